The number of ether oxygens (including phenoxy) is 3. The van der Waals surface area contributed by atoms with Crippen LogP contribution >= 0.6 is 15.9 Å². The molecular weight excluding hydrogens is 398 g/mol. The third-order valence-corrected chi connectivity index (χ3v) is 4.42. The topological polar surface area (TPSA) is 48.0 Å². The minimum absolute atomic E-state index is 0.112. The average Bonchev–Trinajstić information content (AvgIpc) is 2.64. The first-order valence-corrected chi connectivity index (χ1v) is 9.20. The summed E-state index contributed by atoms with van der Waals surface area (Å²) in [5, 5.41) is 0. The van der Waals surface area contributed by atoms with Gasteiger partial charge in [0.05, 0.1) is 24.7 Å². The monoisotopic (exact) mass is 421 g/mol. The van der Waals surface area contributed by atoms with Gasteiger partial charge in [-0.05, 0) is 54.0 Å². The molecule has 0 aliphatic rings. The molecule has 2 aromatic carbocycles. The van der Waals surface area contributed by atoms with Crippen LogP contribution in [0.4, 0.5) is 0 Å². The lowest BCUT2D eigenvalue weighted by Gasteiger charge is -2.19. The van der Waals surface area contributed by atoms with E-state index in [9.17, 15) is 4.79 Å². The van der Waals surface area contributed by atoms with Gasteiger partial charge >= 0.3 is 0 Å². The summed E-state index contributed by atoms with van der Waals surface area (Å²) in [7, 11) is 3.30. The van der Waals surface area contributed by atoms with E-state index in [0.29, 0.717) is 41.3 Å². The first-order chi connectivity index (χ1) is 12.5. The van der Waals surface area contributed by atoms with Crippen molar-refractivity contribution in [2.45, 2.75) is 13.8 Å². The van der Waals surface area contributed by atoms with Gasteiger partial charge in [-0.3, -0.25) is 4.79 Å². The molecule has 140 valence electrons. The van der Waals surface area contributed by atoms with Crippen molar-refractivity contribution in [3.05, 3.63) is 52.0 Å². The predicted octanol–water partition coefficient (Wildman–Crippen LogP) is 4.32. The summed E-state index contributed by atoms with van der Waals surface area (Å²) in [6.07, 6.45) is 0. The Morgan fingerprint density at radius 3 is 2.46 bits per heavy atom. The Hall–Kier alpha value is -2.21. The normalized spacial score (nSPS) is 10.3. The molecule has 0 fully saturated rings. The number of rotatable bonds is 8. The number of hydrogen-bond acceptors (Lipinski definition) is 4. The van der Waals surface area contributed by atoms with Crippen molar-refractivity contribution >= 4 is 21.8 Å². The third kappa shape index (κ3) is 5.14. The fraction of sp³-hybridized carbons (Fsp3) is 0.350. The van der Waals surface area contributed by atoms with Gasteiger partial charge in [0.25, 0.3) is 5.91 Å². The lowest BCUT2D eigenvalue weighted by atomic mass is 10.1. The largest absolute Gasteiger partial charge is 0.493 e. The smallest absolute Gasteiger partial charge is 0.253 e. The zero-order chi connectivity index (χ0) is 19.1. The molecule has 0 radical (unpaired) electrons. The molecule has 0 aromatic heterocycles. The molecule has 0 spiro atoms. The maximum absolute atomic E-state index is 12.7. The van der Waals surface area contributed by atoms with Gasteiger partial charge in [-0.1, -0.05) is 17.7 Å². The number of carbonyl (C=O) groups is 1. The number of likely N-dealkylation sites (N-methyl/N-ethyl adjacent to an activating group) is 1. The number of methoxy groups -OCH3 is 1. The van der Waals surface area contributed by atoms with E-state index in [-0.39, 0.29) is 5.91 Å². The van der Waals surface area contributed by atoms with Gasteiger partial charge in [0.2, 0.25) is 0 Å². The van der Waals surface area contributed by atoms with Gasteiger partial charge in [-0.2, -0.15) is 0 Å². The highest BCUT2D eigenvalue weighted by atomic mass is 79.9. The zero-order valence-corrected chi connectivity index (χ0v) is 17.1. The molecule has 2 aromatic rings. The predicted molar refractivity (Wildman–Crippen MR) is 105 cm³/mol. The summed E-state index contributed by atoms with van der Waals surface area (Å²) in [5.41, 5.74) is 1.70. The van der Waals surface area contributed by atoms with Gasteiger partial charge in [0.15, 0.2) is 11.5 Å². The number of halogens is 1. The number of benzene rings is 2. The van der Waals surface area contributed by atoms with Gasteiger partial charge in [0, 0.05) is 12.6 Å². The Kier molecular flexibility index (Phi) is 7.33. The molecule has 2 rings (SSSR count). The fourth-order valence-electron chi connectivity index (χ4n) is 2.38. The molecule has 0 heterocycles. The van der Waals surface area contributed by atoms with E-state index in [4.69, 9.17) is 14.2 Å². The molecule has 6 heteroatoms. The summed E-state index contributed by atoms with van der Waals surface area (Å²) in [6.45, 7) is 5.32. The zero-order valence-electron chi connectivity index (χ0n) is 15.5. The van der Waals surface area contributed by atoms with Crippen LogP contribution in [0.5, 0.6) is 17.2 Å². The van der Waals surface area contributed by atoms with Crippen molar-refractivity contribution in [3.8, 4) is 17.2 Å². The van der Waals surface area contributed by atoms with Crippen LogP contribution in [0.2, 0.25) is 0 Å². The average molecular weight is 422 g/mol. The summed E-state index contributed by atoms with van der Waals surface area (Å²) >= 11 is 3.45. The Labute approximate surface area is 163 Å². The SMILES string of the molecule is CCOc1c(Br)cc(C(=O)N(C)CCOc2ccc(C)cc2)cc1OC. The molecule has 0 aliphatic carbocycles. The van der Waals surface area contributed by atoms with Crippen LogP contribution in [-0.4, -0.2) is 44.7 Å². The highest BCUT2D eigenvalue weighted by Gasteiger charge is 2.18. The molecule has 26 heavy (non-hydrogen) atoms. The molecule has 5 nitrogen and oxygen atoms in total. The van der Waals surface area contributed by atoms with Gasteiger partial charge in [0.1, 0.15) is 12.4 Å². The van der Waals surface area contributed by atoms with E-state index in [1.807, 2.05) is 38.1 Å². The highest BCUT2D eigenvalue weighted by molar-refractivity contribution is 9.10. The van der Waals surface area contributed by atoms with Crippen LogP contribution in [0.15, 0.2) is 40.9 Å². The van der Waals surface area contributed by atoms with Crippen LogP contribution < -0.4 is 14.2 Å². The van der Waals surface area contributed by atoms with Crippen LogP contribution in [-0.2, 0) is 0 Å². The fourth-order valence-corrected chi connectivity index (χ4v) is 2.94. The molecule has 0 bridgehead atoms. The lowest BCUT2D eigenvalue weighted by molar-refractivity contribution is 0.0773. The highest BCUT2D eigenvalue weighted by Crippen LogP contribution is 2.36. The van der Waals surface area contributed by atoms with Crippen molar-refractivity contribution in [2.24, 2.45) is 0 Å². The maximum Gasteiger partial charge on any atom is 0.253 e. The molecule has 0 aliphatic heterocycles. The molecular formula is C20H24BrNO4. The van der Waals surface area contributed by atoms with Crippen LogP contribution in [0.25, 0.3) is 0 Å². The second-order valence-corrected chi connectivity index (χ2v) is 6.67. The van der Waals surface area contributed by atoms with Crippen molar-refractivity contribution < 1.29 is 19.0 Å². The first kappa shape index (κ1) is 20.1. The Morgan fingerprint density at radius 2 is 1.85 bits per heavy atom. The van der Waals surface area contributed by atoms with Crippen molar-refractivity contribution in [1.82, 2.24) is 4.90 Å². The number of amides is 1. The number of nitrogens with zero attached hydrogens (tertiary/aromatic N) is 1. The first-order valence-electron chi connectivity index (χ1n) is 8.41. The van der Waals surface area contributed by atoms with E-state index < -0.39 is 0 Å². The summed E-state index contributed by atoms with van der Waals surface area (Å²) in [6, 6.07) is 11.3. The van der Waals surface area contributed by atoms with E-state index in [2.05, 4.69) is 15.9 Å². The maximum atomic E-state index is 12.7. The minimum Gasteiger partial charge on any atom is -0.493 e. The number of carbonyl (C=O) groups excluding carboxylic acids is 1. The Morgan fingerprint density at radius 1 is 1.15 bits per heavy atom. The van der Waals surface area contributed by atoms with E-state index >= 15 is 0 Å². The van der Waals surface area contributed by atoms with Crippen LogP contribution in [0.3, 0.4) is 0 Å². The standard InChI is InChI=1S/C20H24BrNO4/c1-5-25-19-17(21)12-15(13-18(19)24-4)20(23)22(3)10-11-26-16-8-6-14(2)7-9-16/h6-9,12-13H,5,10-11H2,1-4H3. The van der Waals surface area contributed by atoms with Crippen molar-refractivity contribution in [3.63, 3.8) is 0 Å². The lowest BCUT2D eigenvalue weighted by Crippen LogP contribution is -2.31. The van der Waals surface area contributed by atoms with E-state index in [0.717, 1.165) is 5.75 Å². The van der Waals surface area contributed by atoms with Crippen LogP contribution in [0.1, 0.15) is 22.8 Å². The summed E-state index contributed by atoms with van der Waals surface area (Å²) in [4.78, 5) is 14.3. The molecule has 0 saturated heterocycles. The van der Waals surface area contributed by atoms with Crippen LogP contribution in [0, 0.1) is 6.92 Å². The molecule has 0 N–H and O–H groups in total. The van der Waals surface area contributed by atoms with Crippen molar-refractivity contribution in [2.75, 3.05) is 33.9 Å². The summed E-state index contributed by atoms with van der Waals surface area (Å²) < 4.78 is 17.3. The second kappa shape index (κ2) is 9.48. The Bertz CT molecular complexity index is 746. The second-order valence-electron chi connectivity index (χ2n) is 5.81. The minimum atomic E-state index is -0.112. The van der Waals surface area contributed by atoms with Crippen molar-refractivity contribution in [1.29, 1.82) is 0 Å². The molecule has 0 atom stereocenters. The molecule has 1 amide bonds. The van der Waals surface area contributed by atoms with E-state index in [1.54, 1.807) is 31.2 Å². The van der Waals surface area contributed by atoms with Gasteiger partial charge in [-0.25, -0.2) is 0 Å². The Balaban J connectivity index is 2.00. The van der Waals surface area contributed by atoms with Gasteiger partial charge < -0.3 is 19.1 Å². The quantitative estimate of drug-likeness (QED) is 0.636. The molecule has 0 unspecified atom stereocenters. The van der Waals surface area contributed by atoms with E-state index in [1.165, 1.54) is 5.56 Å². The van der Waals surface area contributed by atoms with Gasteiger partial charge in [-0.15, -0.1) is 0 Å². The summed E-state index contributed by atoms with van der Waals surface area (Å²) in [5.74, 6) is 1.80. The number of hydrogen-bond donors (Lipinski definition) is 0. The number of aryl methyl sites for hydroxylation is 1. The molecule has 0 saturated carbocycles. The third-order valence-electron chi connectivity index (χ3n) is 3.83.